The van der Waals surface area contributed by atoms with Gasteiger partial charge in [-0.1, -0.05) is 51.1 Å². The molecular weight excluding hydrogens is 246 g/mol. The third-order valence-electron chi connectivity index (χ3n) is 4.63. The Labute approximate surface area is 121 Å². The van der Waals surface area contributed by atoms with Gasteiger partial charge in [0.1, 0.15) is 11.9 Å². The molecule has 2 nitrogen and oxygen atoms in total. The van der Waals surface area contributed by atoms with E-state index in [-0.39, 0.29) is 5.41 Å². The molecule has 2 unspecified atom stereocenters. The lowest BCUT2D eigenvalue weighted by molar-refractivity contribution is -0.0540. The topological polar surface area (TPSA) is 21.3 Å². The molecule has 0 aromatic heterocycles. The molecule has 0 aliphatic heterocycles. The Morgan fingerprint density at radius 3 is 2.60 bits per heavy atom. The van der Waals surface area contributed by atoms with Crippen molar-refractivity contribution in [2.45, 2.75) is 39.3 Å². The van der Waals surface area contributed by atoms with Gasteiger partial charge in [-0.15, -0.1) is 0 Å². The molecule has 2 atom stereocenters. The van der Waals surface area contributed by atoms with E-state index in [1.807, 2.05) is 0 Å². The van der Waals surface area contributed by atoms with E-state index in [9.17, 15) is 0 Å². The van der Waals surface area contributed by atoms with Crippen LogP contribution in [0.2, 0.25) is 0 Å². The van der Waals surface area contributed by atoms with E-state index in [2.05, 4.69) is 68.6 Å². The van der Waals surface area contributed by atoms with Crippen LogP contribution >= 0.6 is 0 Å². The maximum atomic E-state index is 6.21. The van der Waals surface area contributed by atoms with Crippen LogP contribution in [0.3, 0.4) is 0 Å². The lowest BCUT2D eigenvalue weighted by atomic mass is 9.64. The number of hydrogen-bond donors (Lipinski definition) is 1. The Hall–Kier alpha value is -1.54. The van der Waals surface area contributed by atoms with Crippen molar-refractivity contribution in [3.63, 3.8) is 0 Å². The molecule has 1 fully saturated rings. The van der Waals surface area contributed by atoms with Gasteiger partial charge in [-0.05, 0) is 29.4 Å². The first-order valence-corrected chi connectivity index (χ1v) is 7.50. The fourth-order valence-corrected chi connectivity index (χ4v) is 3.08. The zero-order valence-corrected chi connectivity index (χ0v) is 12.5. The standard InChI is InChI=1S/C18H23NO/c1-4-19-16-12-17(18(16,2)3)20-15-10-9-13-7-5-6-8-14(13)11-15/h5-11,16-17,19H,4,12H2,1-3H3. The fraction of sp³-hybridized carbons (Fsp3) is 0.444. The summed E-state index contributed by atoms with van der Waals surface area (Å²) in [6.45, 7) is 7.76. The van der Waals surface area contributed by atoms with Crippen LogP contribution in [0.15, 0.2) is 42.5 Å². The first kappa shape index (κ1) is 13.4. The van der Waals surface area contributed by atoms with Gasteiger partial charge in [-0.2, -0.15) is 0 Å². The first-order valence-electron chi connectivity index (χ1n) is 7.50. The maximum absolute atomic E-state index is 6.21. The minimum Gasteiger partial charge on any atom is -0.490 e. The van der Waals surface area contributed by atoms with Gasteiger partial charge in [0.05, 0.1) is 0 Å². The summed E-state index contributed by atoms with van der Waals surface area (Å²) in [6.07, 6.45) is 1.39. The van der Waals surface area contributed by atoms with E-state index < -0.39 is 0 Å². The van der Waals surface area contributed by atoms with Gasteiger partial charge in [0, 0.05) is 17.9 Å². The van der Waals surface area contributed by atoms with E-state index in [1.165, 1.54) is 10.8 Å². The van der Waals surface area contributed by atoms with Gasteiger partial charge in [-0.25, -0.2) is 0 Å². The van der Waals surface area contributed by atoms with E-state index >= 15 is 0 Å². The molecular formula is C18H23NO. The minimum absolute atomic E-state index is 0.196. The molecule has 3 rings (SSSR count). The van der Waals surface area contributed by atoms with Crippen LogP contribution in [0.4, 0.5) is 0 Å². The lowest BCUT2D eigenvalue weighted by Gasteiger charge is -2.51. The summed E-state index contributed by atoms with van der Waals surface area (Å²) in [5.74, 6) is 0.983. The smallest absolute Gasteiger partial charge is 0.120 e. The van der Waals surface area contributed by atoms with Crippen molar-refractivity contribution in [1.29, 1.82) is 0 Å². The van der Waals surface area contributed by atoms with Crippen molar-refractivity contribution in [1.82, 2.24) is 5.32 Å². The average Bonchev–Trinajstić information content (AvgIpc) is 2.46. The van der Waals surface area contributed by atoms with Crippen LogP contribution in [0.1, 0.15) is 27.2 Å². The summed E-state index contributed by atoms with van der Waals surface area (Å²) < 4.78 is 6.21. The second-order valence-corrected chi connectivity index (χ2v) is 6.28. The highest BCUT2D eigenvalue weighted by Crippen LogP contribution is 2.43. The van der Waals surface area contributed by atoms with Crippen LogP contribution in [-0.2, 0) is 0 Å². The highest BCUT2D eigenvalue weighted by Gasteiger charge is 2.49. The molecule has 20 heavy (non-hydrogen) atoms. The van der Waals surface area contributed by atoms with Crippen LogP contribution in [0, 0.1) is 5.41 Å². The second-order valence-electron chi connectivity index (χ2n) is 6.28. The molecule has 2 aromatic rings. The van der Waals surface area contributed by atoms with Crippen LogP contribution in [0.25, 0.3) is 10.8 Å². The predicted octanol–water partition coefficient (Wildman–Crippen LogP) is 4.00. The van der Waals surface area contributed by atoms with Gasteiger partial charge in [-0.3, -0.25) is 0 Å². The number of hydrogen-bond acceptors (Lipinski definition) is 2. The Kier molecular flexibility index (Phi) is 3.43. The minimum atomic E-state index is 0.196. The summed E-state index contributed by atoms with van der Waals surface area (Å²) in [5, 5.41) is 6.04. The molecule has 0 bridgehead atoms. The van der Waals surface area contributed by atoms with Crippen molar-refractivity contribution >= 4 is 10.8 Å². The van der Waals surface area contributed by atoms with Crippen molar-refractivity contribution < 1.29 is 4.74 Å². The van der Waals surface area contributed by atoms with Crippen LogP contribution < -0.4 is 10.1 Å². The largest absolute Gasteiger partial charge is 0.490 e. The fourth-order valence-electron chi connectivity index (χ4n) is 3.08. The molecule has 0 saturated heterocycles. The Bertz CT molecular complexity index is 605. The highest BCUT2D eigenvalue weighted by atomic mass is 16.5. The first-order chi connectivity index (χ1) is 9.61. The van der Waals surface area contributed by atoms with Crippen molar-refractivity contribution in [2.75, 3.05) is 6.54 Å². The average molecular weight is 269 g/mol. The number of benzene rings is 2. The van der Waals surface area contributed by atoms with E-state index in [1.54, 1.807) is 0 Å². The molecule has 0 heterocycles. The van der Waals surface area contributed by atoms with Crippen molar-refractivity contribution in [3.8, 4) is 5.75 Å². The summed E-state index contributed by atoms with van der Waals surface area (Å²) in [4.78, 5) is 0. The van der Waals surface area contributed by atoms with Crippen molar-refractivity contribution in [3.05, 3.63) is 42.5 Å². The number of nitrogens with one attached hydrogen (secondary N) is 1. The summed E-state index contributed by atoms with van der Waals surface area (Å²) in [6, 6.07) is 15.3. The third kappa shape index (κ3) is 2.29. The van der Waals surface area contributed by atoms with Crippen molar-refractivity contribution in [2.24, 2.45) is 5.41 Å². The predicted molar refractivity (Wildman–Crippen MR) is 84.2 cm³/mol. The van der Waals surface area contributed by atoms with Crippen LogP contribution in [0.5, 0.6) is 5.75 Å². The van der Waals surface area contributed by atoms with Gasteiger partial charge in [0.25, 0.3) is 0 Å². The summed E-state index contributed by atoms with van der Waals surface area (Å²) in [5.41, 5.74) is 0.196. The molecule has 1 aliphatic carbocycles. The SMILES string of the molecule is CCNC1CC(Oc2ccc3ccccc3c2)C1(C)C. The molecule has 1 N–H and O–H groups in total. The van der Waals surface area contributed by atoms with E-state index in [0.29, 0.717) is 12.1 Å². The van der Waals surface area contributed by atoms with E-state index in [4.69, 9.17) is 4.74 Å². The molecule has 1 aliphatic rings. The molecule has 1 saturated carbocycles. The molecule has 0 radical (unpaired) electrons. The lowest BCUT2D eigenvalue weighted by Crippen LogP contribution is -2.62. The monoisotopic (exact) mass is 269 g/mol. The molecule has 2 heteroatoms. The Morgan fingerprint density at radius 2 is 1.90 bits per heavy atom. The molecule has 106 valence electrons. The Balaban J connectivity index is 1.74. The van der Waals surface area contributed by atoms with Gasteiger partial charge < -0.3 is 10.1 Å². The summed E-state index contributed by atoms with van der Waals surface area (Å²) in [7, 11) is 0. The number of rotatable bonds is 4. The molecule has 0 amide bonds. The van der Waals surface area contributed by atoms with Gasteiger partial charge >= 0.3 is 0 Å². The highest BCUT2D eigenvalue weighted by molar-refractivity contribution is 5.83. The Morgan fingerprint density at radius 1 is 1.15 bits per heavy atom. The number of ether oxygens (including phenoxy) is 1. The zero-order chi connectivity index (χ0) is 14.2. The summed E-state index contributed by atoms with van der Waals surface area (Å²) >= 11 is 0. The normalized spacial score (nSPS) is 24.4. The maximum Gasteiger partial charge on any atom is 0.120 e. The van der Waals surface area contributed by atoms with Gasteiger partial charge in [0.15, 0.2) is 0 Å². The van der Waals surface area contributed by atoms with E-state index in [0.717, 1.165) is 18.7 Å². The quantitative estimate of drug-likeness (QED) is 0.906. The van der Waals surface area contributed by atoms with Crippen LogP contribution in [-0.4, -0.2) is 18.7 Å². The molecule has 2 aromatic carbocycles. The zero-order valence-electron chi connectivity index (χ0n) is 12.5. The van der Waals surface area contributed by atoms with Gasteiger partial charge in [0.2, 0.25) is 0 Å². The molecule has 0 spiro atoms. The second kappa shape index (κ2) is 5.10. The third-order valence-corrected chi connectivity index (χ3v) is 4.63. The number of fused-ring (bicyclic) bond motifs is 1.